The van der Waals surface area contributed by atoms with Gasteiger partial charge in [0.2, 0.25) is 5.89 Å². The van der Waals surface area contributed by atoms with Crippen LogP contribution < -0.4 is 0 Å². The smallest absolute Gasteiger partial charge is 0.325 e. The summed E-state index contributed by atoms with van der Waals surface area (Å²) in [6.07, 6.45) is 0. The monoisotopic (exact) mass is 437 g/mol. The third kappa shape index (κ3) is 3.42. The molecular formula is C17H12INO3S. The van der Waals surface area contributed by atoms with Gasteiger partial charge < -0.3 is 9.52 Å². The lowest BCUT2D eigenvalue weighted by atomic mass is 10.1. The summed E-state index contributed by atoms with van der Waals surface area (Å²) < 4.78 is 6.84. The van der Waals surface area contributed by atoms with Gasteiger partial charge in [-0.25, -0.2) is 4.98 Å². The summed E-state index contributed by atoms with van der Waals surface area (Å²) in [4.78, 5) is 15.5. The number of aromatic nitrogens is 1. The Kier molecular flexibility index (Phi) is 4.72. The summed E-state index contributed by atoms with van der Waals surface area (Å²) in [6, 6.07) is 17.3. The van der Waals surface area contributed by atoms with E-state index in [4.69, 9.17) is 9.52 Å². The first-order chi connectivity index (χ1) is 11.1. The zero-order valence-corrected chi connectivity index (χ0v) is 14.9. The Morgan fingerprint density at radius 2 is 1.74 bits per heavy atom. The molecule has 23 heavy (non-hydrogen) atoms. The molecule has 3 aromatic rings. The van der Waals surface area contributed by atoms with Crippen LogP contribution in [0.15, 0.2) is 59.0 Å². The molecular weight excluding hydrogens is 425 g/mol. The number of aliphatic carboxylic acids is 1. The van der Waals surface area contributed by atoms with E-state index in [1.54, 1.807) is 0 Å². The Morgan fingerprint density at radius 3 is 2.35 bits per heavy atom. The topological polar surface area (TPSA) is 63.3 Å². The van der Waals surface area contributed by atoms with Crippen molar-refractivity contribution in [3.63, 3.8) is 0 Å². The minimum absolute atomic E-state index is 0.0771. The number of nitrogens with zero attached hydrogens (tertiary/aromatic N) is 1. The van der Waals surface area contributed by atoms with Crippen LogP contribution in [0.2, 0.25) is 0 Å². The first-order valence-electron chi connectivity index (χ1n) is 6.79. The molecule has 4 nitrogen and oxygen atoms in total. The van der Waals surface area contributed by atoms with E-state index < -0.39 is 11.2 Å². The zero-order valence-electron chi connectivity index (χ0n) is 11.8. The highest BCUT2D eigenvalue weighted by Crippen LogP contribution is 2.35. The van der Waals surface area contributed by atoms with Crippen molar-refractivity contribution < 1.29 is 14.3 Å². The highest BCUT2D eigenvalue weighted by atomic mass is 127. The molecule has 6 heteroatoms. The van der Waals surface area contributed by atoms with Gasteiger partial charge in [0, 0.05) is 14.7 Å². The maximum absolute atomic E-state index is 11.2. The largest absolute Gasteiger partial charge is 0.480 e. The standard InChI is InChI=1S/C17H12INO3S/c18-12-8-6-10(7-9-12)13-14(11-4-2-1-3-5-11)22-16(19-13)15(23)17(20)21/h1-9,15,23H,(H,20,21). The SMILES string of the molecule is O=C(O)C(S)c1nc(-c2ccc(I)cc2)c(-c2ccccc2)o1. The second-order valence-electron chi connectivity index (χ2n) is 4.84. The Hall–Kier alpha value is -1.80. The fourth-order valence-electron chi connectivity index (χ4n) is 2.15. The first kappa shape index (κ1) is 16.1. The average Bonchev–Trinajstić information content (AvgIpc) is 3.00. The van der Waals surface area contributed by atoms with Crippen LogP contribution in [-0.2, 0) is 4.79 Å². The van der Waals surface area contributed by atoms with Crippen LogP contribution in [0.1, 0.15) is 11.1 Å². The van der Waals surface area contributed by atoms with E-state index in [-0.39, 0.29) is 5.89 Å². The predicted octanol–water partition coefficient (Wildman–Crippen LogP) is 4.67. The molecule has 1 aromatic heterocycles. The number of rotatable bonds is 4. The Morgan fingerprint density at radius 1 is 1.09 bits per heavy atom. The van der Waals surface area contributed by atoms with Gasteiger partial charge in [-0.05, 0) is 34.7 Å². The number of carboxylic acids is 1. The number of benzene rings is 2. The van der Waals surface area contributed by atoms with Crippen LogP contribution >= 0.6 is 35.2 Å². The van der Waals surface area contributed by atoms with Crippen molar-refractivity contribution in [1.29, 1.82) is 0 Å². The van der Waals surface area contributed by atoms with E-state index in [2.05, 4.69) is 40.2 Å². The van der Waals surface area contributed by atoms with Crippen molar-refractivity contribution in [2.45, 2.75) is 5.25 Å². The molecule has 0 aliphatic carbocycles. The maximum Gasteiger partial charge on any atom is 0.325 e. The highest BCUT2D eigenvalue weighted by molar-refractivity contribution is 14.1. The number of hydrogen-bond acceptors (Lipinski definition) is 4. The Balaban J connectivity index is 2.16. The van der Waals surface area contributed by atoms with Crippen LogP contribution in [0.4, 0.5) is 0 Å². The lowest BCUT2D eigenvalue weighted by Crippen LogP contribution is -2.05. The molecule has 3 rings (SSSR count). The first-order valence-corrected chi connectivity index (χ1v) is 8.38. The van der Waals surface area contributed by atoms with Crippen molar-refractivity contribution in [3.8, 4) is 22.6 Å². The normalized spacial score (nSPS) is 12.1. The van der Waals surface area contributed by atoms with E-state index in [1.807, 2.05) is 54.6 Å². The summed E-state index contributed by atoms with van der Waals surface area (Å²) in [5.74, 6) is -0.473. The van der Waals surface area contributed by atoms with Gasteiger partial charge in [-0.2, -0.15) is 12.6 Å². The number of hydrogen-bond donors (Lipinski definition) is 2. The Labute approximate surface area is 152 Å². The molecule has 0 saturated heterocycles. The van der Waals surface area contributed by atoms with E-state index in [9.17, 15) is 4.79 Å². The van der Waals surface area contributed by atoms with Crippen LogP contribution in [0, 0.1) is 3.57 Å². The maximum atomic E-state index is 11.2. The molecule has 0 fully saturated rings. The summed E-state index contributed by atoms with van der Waals surface area (Å²) in [7, 11) is 0. The Bertz CT molecular complexity index is 831. The van der Waals surface area contributed by atoms with Crippen LogP contribution in [0.25, 0.3) is 22.6 Å². The molecule has 1 N–H and O–H groups in total. The summed E-state index contributed by atoms with van der Waals surface area (Å²) in [5.41, 5.74) is 2.32. The lowest BCUT2D eigenvalue weighted by molar-refractivity contribution is -0.136. The number of carbonyl (C=O) groups is 1. The van der Waals surface area contributed by atoms with E-state index in [1.165, 1.54) is 0 Å². The summed E-state index contributed by atoms with van der Waals surface area (Å²) in [6.45, 7) is 0. The average molecular weight is 437 g/mol. The number of oxazole rings is 1. The lowest BCUT2D eigenvalue weighted by Gasteiger charge is -2.01. The fourth-order valence-corrected chi connectivity index (χ4v) is 2.62. The second kappa shape index (κ2) is 6.76. The molecule has 1 atom stereocenters. The van der Waals surface area contributed by atoms with Crippen molar-refractivity contribution in [1.82, 2.24) is 4.98 Å². The highest BCUT2D eigenvalue weighted by Gasteiger charge is 2.25. The van der Waals surface area contributed by atoms with Crippen molar-refractivity contribution in [2.24, 2.45) is 0 Å². The van der Waals surface area contributed by atoms with E-state index in [0.29, 0.717) is 11.5 Å². The van der Waals surface area contributed by atoms with E-state index in [0.717, 1.165) is 14.7 Å². The van der Waals surface area contributed by atoms with Crippen molar-refractivity contribution >= 4 is 41.2 Å². The third-order valence-electron chi connectivity index (χ3n) is 3.27. The molecule has 0 bridgehead atoms. The predicted molar refractivity (Wildman–Crippen MR) is 99.5 cm³/mol. The van der Waals surface area contributed by atoms with Gasteiger partial charge >= 0.3 is 5.97 Å². The summed E-state index contributed by atoms with van der Waals surface area (Å²) in [5, 5.41) is 8.03. The van der Waals surface area contributed by atoms with Gasteiger partial charge in [-0.15, -0.1) is 0 Å². The minimum atomic E-state index is -1.10. The number of thiol groups is 1. The zero-order chi connectivity index (χ0) is 16.4. The van der Waals surface area contributed by atoms with Gasteiger partial charge in [-0.1, -0.05) is 42.5 Å². The third-order valence-corrected chi connectivity index (χ3v) is 4.43. The second-order valence-corrected chi connectivity index (χ2v) is 6.61. The molecule has 0 radical (unpaired) electrons. The molecule has 1 unspecified atom stereocenters. The van der Waals surface area contributed by atoms with Crippen LogP contribution in [-0.4, -0.2) is 16.1 Å². The molecule has 0 spiro atoms. The van der Waals surface area contributed by atoms with Crippen molar-refractivity contribution in [2.75, 3.05) is 0 Å². The molecule has 0 aliphatic heterocycles. The van der Waals surface area contributed by atoms with Gasteiger partial charge in [-0.3, -0.25) is 4.79 Å². The fraction of sp³-hybridized carbons (Fsp3) is 0.0588. The van der Waals surface area contributed by atoms with Gasteiger partial charge in [0.1, 0.15) is 5.69 Å². The van der Waals surface area contributed by atoms with Crippen LogP contribution in [0.3, 0.4) is 0 Å². The number of halogens is 1. The molecule has 0 aliphatic rings. The quantitative estimate of drug-likeness (QED) is 0.460. The minimum Gasteiger partial charge on any atom is -0.480 e. The summed E-state index contributed by atoms with van der Waals surface area (Å²) >= 11 is 6.29. The molecule has 1 heterocycles. The van der Waals surface area contributed by atoms with Crippen LogP contribution in [0.5, 0.6) is 0 Å². The van der Waals surface area contributed by atoms with E-state index >= 15 is 0 Å². The molecule has 116 valence electrons. The van der Waals surface area contributed by atoms with Gasteiger partial charge in [0.25, 0.3) is 0 Å². The number of carboxylic acid groups (broad SMARTS) is 1. The van der Waals surface area contributed by atoms with Crippen molar-refractivity contribution in [3.05, 3.63) is 64.1 Å². The molecule has 2 aromatic carbocycles. The van der Waals surface area contributed by atoms with Gasteiger partial charge in [0.15, 0.2) is 11.0 Å². The van der Waals surface area contributed by atoms with Gasteiger partial charge in [0.05, 0.1) is 0 Å². The molecule has 0 amide bonds. The molecule has 0 saturated carbocycles.